The SMILES string of the molecule is COc1cccc(Nc2ccnc(NCCc3ccccc3)n2)c1. The van der Waals surface area contributed by atoms with Crippen molar-refractivity contribution in [3.63, 3.8) is 0 Å². The molecule has 0 saturated carbocycles. The molecule has 0 saturated heterocycles. The van der Waals surface area contributed by atoms with Crippen LogP contribution in [-0.4, -0.2) is 23.6 Å². The molecule has 0 radical (unpaired) electrons. The fourth-order valence-electron chi connectivity index (χ4n) is 2.33. The van der Waals surface area contributed by atoms with E-state index in [9.17, 15) is 0 Å². The maximum Gasteiger partial charge on any atom is 0.224 e. The molecule has 122 valence electrons. The number of ether oxygens (including phenoxy) is 1. The van der Waals surface area contributed by atoms with Crippen molar-refractivity contribution in [3.05, 3.63) is 72.4 Å². The molecule has 0 amide bonds. The number of benzene rings is 2. The maximum atomic E-state index is 5.23. The lowest BCUT2D eigenvalue weighted by Gasteiger charge is -2.09. The highest BCUT2D eigenvalue weighted by Crippen LogP contribution is 2.20. The Kier molecular flexibility index (Phi) is 5.24. The smallest absolute Gasteiger partial charge is 0.224 e. The summed E-state index contributed by atoms with van der Waals surface area (Å²) in [5.41, 5.74) is 2.21. The van der Waals surface area contributed by atoms with Gasteiger partial charge in [0, 0.05) is 24.5 Å². The quantitative estimate of drug-likeness (QED) is 0.692. The highest BCUT2D eigenvalue weighted by molar-refractivity contribution is 5.58. The van der Waals surface area contributed by atoms with Gasteiger partial charge in [-0.25, -0.2) is 4.98 Å². The number of aromatic nitrogens is 2. The van der Waals surface area contributed by atoms with Crippen molar-refractivity contribution in [1.29, 1.82) is 0 Å². The molecule has 3 aromatic rings. The third-order valence-corrected chi connectivity index (χ3v) is 3.54. The van der Waals surface area contributed by atoms with Gasteiger partial charge < -0.3 is 15.4 Å². The van der Waals surface area contributed by atoms with E-state index in [1.165, 1.54) is 5.56 Å². The first kappa shape index (κ1) is 15.8. The number of rotatable bonds is 7. The Morgan fingerprint density at radius 3 is 2.71 bits per heavy atom. The molecule has 1 aromatic heterocycles. The van der Waals surface area contributed by atoms with Gasteiger partial charge in [-0.05, 0) is 30.2 Å². The van der Waals surface area contributed by atoms with Gasteiger partial charge in [0.2, 0.25) is 5.95 Å². The van der Waals surface area contributed by atoms with E-state index in [2.05, 4.69) is 32.7 Å². The number of hydrogen-bond acceptors (Lipinski definition) is 5. The number of anilines is 3. The molecule has 24 heavy (non-hydrogen) atoms. The lowest BCUT2D eigenvalue weighted by molar-refractivity contribution is 0.415. The Bertz CT molecular complexity index is 777. The summed E-state index contributed by atoms with van der Waals surface area (Å²) in [4.78, 5) is 8.74. The third kappa shape index (κ3) is 4.46. The minimum absolute atomic E-state index is 0.610. The Morgan fingerprint density at radius 2 is 1.88 bits per heavy atom. The summed E-state index contributed by atoms with van der Waals surface area (Å²) in [6.07, 6.45) is 2.66. The Morgan fingerprint density at radius 1 is 1.00 bits per heavy atom. The predicted octanol–water partition coefficient (Wildman–Crippen LogP) is 3.88. The lowest BCUT2D eigenvalue weighted by Crippen LogP contribution is -2.08. The van der Waals surface area contributed by atoms with Crippen molar-refractivity contribution in [2.24, 2.45) is 0 Å². The van der Waals surface area contributed by atoms with Gasteiger partial charge in [0.05, 0.1) is 7.11 Å². The van der Waals surface area contributed by atoms with E-state index in [1.54, 1.807) is 13.3 Å². The highest BCUT2D eigenvalue weighted by Gasteiger charge is 2.01. The molecule has 0 unspecified atom stereocenters. The first-order valence-electron chi connectivity index (χ1n) is 7.85. The molecule has 0 bridgehead atoms. The van der Waals surface area contributed by atoms with Crippen LogP contribution in [-0.2, 0) is 6.42 Å². The van der Waals surface area contributed by atoms with Crippen molar-refractivity contribution in [2.75, 3.05) is 24.3 Å². The van der Waals surface area contributed by atoms with Gasteiger partial charge in [-0.1, -0.05) is 36.4 Å². The normalized spacial score (nSPS) is 10.2. The molecular formula is C19H20N4O. The van der Waals surface area contributed by atoms with Crippen LogP contribution in [0.4, 0.5) is 17.5 Å². The Hall–Kier alpha value is -3.08. The Labute approximate surface area is 141 Å². The molecule has 0 aliphatic carbocycles. The molecule has 3 rings (SSSR count). The van der Waals surface area contributed by atoms with Gasteiger partial charge in [0.1, 0.15) is 11.6 Å². The largest absolute Gasteiger partial charge is 0.497 e. The van der Waals surface area contributed by atoms with Gasteiger partial charge in [-0.15, -0.1) is 0 Å². The average Bonchev–Trinajstić information content (AvgIpc) is 2.63. The predicted molar refractivity (Wildman–Crippen MR) is 96.9 cm³/mol. The van der Waals surface area contributed by atoms with Crippen LogP contribution >= 0.6 is 0 Å². The standard InChI is InChI=1S/C19H20N4O/c1-24-17-9-5-8-16(14-17)22-18-11-13-21-19(23-18)20-12-10-15-6-3-2-4-7-15/h2-9,11,13-14H,10,12H2,1H3,(H2,20,21,22,23). The van der Waals surface area contributed by atoms with Crippen molar-refractivity contribution < 1.29 is 4.74 Å². The molecular weight excluding hydrogens is 300 g/mol. The summed E-state index contributed by atoms with van der Waals surface area (Å²) in [5.74, 6) is 2.15. The molecule has 0 spiro atoms. The summed E-state index contributed by atoms with van der Waals surface area (Å²) in [5, 5.41) is 6.51. The van der Waals surface area contributed by atoms with Crippen molar-refractivity contribution in [2.45, 2.75) is 6.42 Å². The molecule has 5 heteroatoms. The zero-order chi connectivity index (χ0) is 16.6. The first-order chi connectivity index (χ1) is 11.8. The minimum Gasteiger partial charge on any atom is -0.497 e. The van der Waals surface area contributed by atoms with Crippen molar-refractivity contribution in [1.82, 2.24) is 9.97 Å². The van der Waals surface area contributed by atoms with E-state index in [1.807, 2.05) is 48.5 Å². The van der Waals surface area contributed by atoms with E-state index >= 15 is 0 Å². The summed E-state index contributed by atoms with van der Waals surface area (Å²) in [7, 11) is 1.65. The third-order valence-electron chi connectivity index (χ3n) is 3.54. The molecule has 0 fully saturated rings. The van der Waals surface area contributed by atoms with E-state index in [0.717, 1.165) is 30.2 Å². The van der Waals surface area contributed by atoms with Gasteiger partial charge in [-0.3, -0.25) is 0 Å². The van der Waals surface area contributed by atoms with Crippen LogP contribution in [0.5, 0.6) is 5.75 Å². The lowest BCUT2D eigenvalue weighted by atomic mass is 10.1. The second-order valence-corrected chi connectivity index (χ2v) is 5.28. The summed E-state index contributed by atoms with van der Waals surface area (Å²) in [6, 6.07) is 19.9. The second-order valence-electron chi connectivity index (χ2n) is 5.28. The number of methoxy groups -OCH3 is 1. The van der Waals surface area contributed by atoms with Crippen molar-refractivity contribution >= 4 is 17.5 Å². The van der Waals surface area contributed by atoms with Crippen LogP contribution < -0.4 is 15.4 Å². The van der Waals surface area contributed by atoms with Gasteiger partial charge in [-0.2, -0.15) is 4.98 Å². The number of hydrogen-bond donors (Lipinski definition) is 2. The number of nitrogens with one attached hydrogen (secondary N) is 2. The van der Waals surface area contributed by atoms with E-state index < -0.39 is 0 Å². The van der Waals surface area contributed by atoms with Crippen LogP contribution in [0.2, 0.25) is 0 Å². The van der Waals surface area contributed by atoms with Gasteiger partial charge in [0.15, 0.2) is 0 Å². The fourth-order valence-corrected chi connectivity index (χ4v) is 2.33. The van der Waals surface area contributed by atoms with E-state index in [0.29, 0.717) is 5.95 Å². The molecule has 2 N–H and O–H groups in total. The summed E-state index contributed by atoms with van der Waals surface area (Å²) < 4.78 is 5.23. The first-order valence-corrected chi connectivity index (χ1v) is 7.85. The Balaban J connectivity index is 1.59. The van der Waals surface area contributed by atoms with Crippen LogP contribution in [0.3, 0.4) is 0 Å². The molecule has 5 nitrogen and oxygen atoms in total. The summed E-state index contributed by atoms with van der Waals surface area (Å²) >= 11 is 0. The molecule has 0 aliphatic rings. The monoisotopic (exact) mass is 320 g/mol. The molecule has 0 atom stereocenters. The van der Waals surface area contributed by atoms with E-state index in [-0.39, 0.29) is 0 Å². The van der Waals surface area contributed by atoms with Crippen LogP contribution in [0, 0.1) is 0 Å². The average molecular weight is 320 g/mol. The van der Waals surface area contributed by atoms with Crippen LogP contribution in [0.15, 0.2) is 66.9 Å². The van der Waals surface area contributed by atoms with E-state index in [4.69, 9.17) is 4.74 Å². The molecule has 2 aromatic carbocycles. The molecule has 0 aliphatic heterocycles. The second kappa shape index (κ2) is 7.97. The topological polar surface area (TPSA) is 59.1 Å². The number of nitrogens with zero attached hydrogens (tertiary/aromatic N) is 2. The van der Waals surface area contributed by atoms with Gasteiger partial charge in [0.25, 0.3) is 0 Å². The van der Waals surface area contributed by atoms with Crippen molar-refractivity contribution in [3.8, 4) is 5.75 Å². The molecule has 1 heterocycles. The maximum absolute atomic E-state index is 5.23. The summed E-state index contributed by atoms with van der Waals surface area (Å²) in [6.45, 7) is 0.784. The van der Waals surface area contributed by atoms with Gasteiger partial charge >= 0.3 is 0 Å². The fraction of sp³-hybridized carbons (Fsp3) is 0.158. The van der Waals surface area contributed by atoms with Crippen LogP contribution in [0.1, 0.15) is 5.56 Å². The zero-order valence-electron chi connectivity index (χ0n) is 13.6. The van der Waals surface area contributed by atoms with Crippen LogP contribution in [0.25, 0.3) is 0 Å². The highest BCUT2D eigenvalue weighted by atomic mass is 16.5. The minimum atomic E-state index is 0.610. The zero-order valence-corrected chi connectivity index (χ0v) is 13.6.